The number of nitrogens with one attached hydrogen (secondary N) is 1. The largest absolute Gasteiger partial charge is 0.492 e. The Morgan fingerprint density at radius 3 is 2.76 bits per heavy atom. The van der Waals surface area contributed by atoms with E-state index in [4.69, 9.17) is 9.39 Å². The highest BCUT2D eigenvalue weighted by Gasteiger charge is 2.31. The summed E-state index contributed by atoms with van der Waals surface area (Å²) in [6, 6.07) is 11.3. The molecule has 7 nitrogen and oxygen atoms in total. The second-order valence-corrected chi connectivity index (χ2v) is 7.38. The first kappa shape index (κ1) is 21.0. The minimum atomic E-state index is -1.02. The van der Waals surface area contributed by atoms with Gasteiger partial charge in [0.25, 0.3) is 5.91 Å². The fourth-order valence-electron chi connectivity index (χ4n) is 3.40. The summed E-state index contributed by atoms with van der Waals surface area (Å²) in [6.07, 6.45) is 0. The SMILES string of the molecule is Cc1c(C(=O)NCC(=O)OCc2cccc(CN(C)C)c2)ccc2c1B(O)OC2. The smallest absolute Gasteiger partial charge is 0.460 e. The van der Waals surface area contributed by atoms with E-state index < -0.39 is 19.0 Å². The van der Waals surface area contributed by atoms with Crippen LogP contribution < -0.4 is 10.8 Å². The first-order valence-electron chi connectivity index (χ1n) is 9.43. The second-order valence-electron chi connectivity index (χ2n) is 7.38. The third kappa shape index (κ3) is 5.23. The highest BCUT2D eigenvalue weighted by molar-refractivity contribution is 6.62. The summed E-state index contributed by atoms with van der Waals surface area (Å²) in [5.41, 5.74) is 4.57. The van der Waals surface area contributed by atoms with E-state index in [1.807, 2.05) is 38.4 Å². The molecule has 0 unspecified atom stereocenters. The summed E-state index contributed by atoms with van der Waals surface area (Å²) in [7, 11) is 2.96. The van der Waals surface area contributed by atoms with Crippen molar-refractivity contribution >= 4 is 24.5 Å². The number of carbonyl (C=O) groups is 2. The number of nitrogens with zero attached hydrogens (tertiary/aromatic N) is 1. The van der Waals surface area contributed by atoms with E-state index in [1.165, 1.54) is 0 Å². The molecular formula is C21H25BN2O5. The zero-order valence-electron chi connectivity index (χ0n) is 16.9. The number of hydrogen-bond donors (Lipinski definition) is 2. The molecule has 1 aliphatic heterocycles. The van der Waals surface area contributed by atoms with Crippen LogP contribution in [-0.2, 0) is 33.9 Å². The van der Waals surface area contributed by atoms with Gasteiger partial charge in [-0.05, 0) is 54.8 Å². The van der Waals surface area contributed by atoms with Gasteiger partial charge in [-0.25, -0.2) is 0 Å². The van der Waals surface area contributed by atoms with Crippen LogP contribution in [0.3, 0.4) is 0 Å². The van der Waals surface area contributed by atoms with Gasteiger partial charge in [0, 0.05) is 12.1 Å². The van der Waals surface area contributed by atoms with Gasteiger partial charge < -0.3 is 24.6 Å². The van der Waals surface area contributed by atoms with Crippen molar-refractivity contribution < 1.29 is 24.0 Å². The van der Waals surface area contributed by atoms with E-state index in [1.54, 1.807) is 19.1 Å². The molecule has 3 rings (SSSR count). The number of fused-ring (bicyclic) bond motifs is 1. The molecule has 1 heterocycles. The van der Waals surface area contributed by atoms with Gasteiger partial charge in [-0.15, -0.1) is 0 Å². The van der Waals surface area contributed by atoms with E-state index in [0.717, 1.165) is 23.2 Å². The van der Waals surface area contributed by atoms with Gasteiger partial charge in [-0.1, -0.05) is 30.3 Å². The predicted octanol–water partition coefficient (Wildman–Crippen LogP) is 0.748. The maximum Gasteiger partial charge on any atom is 0.492 e. The molecule has 29 heavy (non-hydrogen) atoms. The van der Waals surface area contributed by atoms with Crippen LogP contribution in [0.2, 0.25) is 0 Å². The number of esters is 1. The molecular weight excluding hydrogens is 371 g/mol. The predicted molar refractivity (Wildman–Crippen MR) is 110 cm³/mol. The lowest BCUT2D eigenvalue weighted by molar-refractivity contribution is -0.143. The van der Waals surface area contributed by atoms with E-state index in [0.29, 0.717) is 23.2 Å². The van der Waals surface area contributed by atoms with Gasteiger partial charge in [0.05, 0.1) is 6.61 Å². The standard InChI is InChI=1S/C21H25BN2O5/c1-14-18(8-7-17-13-29-22(27)20(14)17)21(26)23-10-19(25)28-12-16-6-4-5-15(9-16)11-24(2)3/h4-9,27H,10-13H2,1-3H3,(H,23,26). The Balaban J connectivity index is 1.52. The summed E-state index contributed by atoms with van der Waals surface area (Å²) in [5.74, 6) is -0.909. The highest BCUT2D eigenvalue weighted by Crippen LogP contribution is 2.16. The maximum atomic E-state index is 12.5. The first-order chi connectivity index (χ1) is 13.8. The van der Waals surface area contributed by atoms with Crippen molar-refractivity contribution in [3.05, 3.63) is 64.2 Å². The molecule has 0 fully saturated rings. The third-order valence-corrected chi connectivity index (χ3v) is 4.78. The molecule has 2 N–H and O–H groups in total. The van der Waals surface area contributed by atoms with Crippen molar-refractivity contribution in [3.63, 3.8) is 0 Å². The lowest BCUT2D eigenvalue weighted by atomic mass is 9.75. The Hall–Kier alpha value is -2.68. The molecule has 0 radical (unpaired) electrons. The Kier molecular flexibility index (Phi) is 6.69. The molecule has 1 aliphatic rings. The maximum absolute atomic E-state index is 12.5. The third-order valence-electron chi connectivity index (χ3n) is 4.78. The minimum absolute atomic E-state index is 0.150. The van der Waals surface area contributed by atoms with Crippen molar-refractivity contribution in [1.82, 2.24) is 10.2 Å². The molecule has 152 valence electrons. The number of hydrogen-bond acceptors (Lipinski definition) is 6. The van der Waals surface area contributed by atoms with E-state index in [-0.39, 0.29) is 13.2 Å². The fraction of sp³-hybridized carbons (Fsp3) is 0.333. The number of carbonyl (C=O) groups excluding carboxylic acids is 2. The molecule has 0 spiro atoms. The number of amides is 1. The van der Waals surface area contributed by atoms with Gasteiger partial charge >= 0.3 is 13.1 Å². The summed E-state index contributed by atoms with van der Waals surface area (Å²) < 4.78 is 10.5. The van der Waals surface area contributed by atoms with Crippen LogP contribution in [0.25, 0.3) is 0 Å². The topological polar surface area (TPSA) is 88.1 Å². The van der Waals surface area contributed by atoms with E-state index in [2.05, 4.69) is 10.2 Å². The van der Waals surface area contributed by atoms with Crippen LogP contribution in [0.1, 0.15) is 32.6 Å². The summed E-state index contributed by atoms with van der Waals surface area (Å²) in [6.45, 7) is 2.80. The average molecular weight is 396 g/mol. The minimum Gasteiger partial charge on any atom is -0.460 e. The van der Waals surface area contributed by atoms with Gasteiger partial charge in [0.1, 0.15) is 13.2 Å². The molecule has 0 aliphatic carbocycles. The fourth-order valence-corrected chi connectivity index (χ4v) is 3.40. The monoisotopic (exact) mass is 396 g/mol. The van der Waals surface area contributed by atoms with Crippen molar-refractivity contribution in [3.8, 4) is 0 Å². The van der Waals surface area contributed by atoms with Crippen molar-refractivity contribution in [1.29, 1.82) is 0 Å². The molecule has 2 aromatic carbocycles. The van der Waals surface area contributed by atoms with Crippen LogP contribution in [0, 0.1) is 6.92 Å². The van der Waals surface area contributed by atoms with Crippen molar-refractivity contribution in [2.24, 2.45) is 0 Å². The van der Waals surface area contributed by atoms with Crippen molar-refractivity contribution in [2.75, 3.05) is 20.6 Å². The molecule has 0 saturated carbocycles. The zero-order chi connectivity index (χ0) is 21.0. The van der Waals surface area contributed by atoms with Gasteiger partial charge in [-0.2, -0.15) is 0 Å². The van der Waals surface area contributed by atoms with Crippen LogP contribution in [0.4, 0.5) is 0 Å². The summed E-state index contributed by atoms with van der Waals surface area (Å²) >= 11 is 0. The van der Waals surface area contributed by atoms with E-state index >= 15 is 0 Å². The van der Waals surface area contributed by atoms with Crippen LogP contribution in [0.15, 0.2) is 36.4 Å². The molecule has 0 bridgehead atoms. The van der Waals surface area contributed by atoms with Gasteiger partial charge in [-0.3, -0.25) is 9.59 Å². The quantitative estimate of drug-likeness (QED) is 0.531. The lowest BCUT2D eigenvalue weighted by Crippen LogP contribution is -2.35. The Bertz CT molecular complexity index is 916. The van der Waals surface area contributed by atoms with Gasteiger partial charge in [0.2, 0.25) is 0 Å². The van der Waals surface area contributed by atoms with Gasteiger partial charge in [0.15, 0.2) is 0 Å². The molecule has 8 heteroatoms. The second kappa shape index (κ2) is 9.22. The normalized spacial score (nSPS) is 12.8. The van der Waals surface area contributed by atoms with E-state index in [9.17, 15) is 14.6 Å². The molecule has 0 saturated heterocycles. The Labute approximate surface area is 170 Å². The van der Waals surface area contributed by atoms with Crippen LogP contribution in [-0.4, -0.2) is 49.6 Å². The lowest BCUT2D eigenvalue weighted by Gasteiger charge is -2.12. The molecule has 0 aromatic heterocycles. The first-order valence-corrected chi connectivity index (χ1v) is 9.43. The molecule has 2 aromatic rings. The van der Waals surface area contributed by atoms with Crippen molar-refractivity contribution in [2.45, 2.75) is 26.7 Å². The molecule has 0 atom stereocenters. The van der Waals surface area contributed by atoms with Crippen LogP contribution >= 0.6 is 0 Å². The van der Waals surface area contributed by atoms with Crippen LogP contribution in [0.5, 0.6) is 0 Å². The average Bonchev–Trinajstić information content (AvgIpc) is 3.06. The number of ether oxygens (including phenoxy) is 1. The highest BCUT2D eigenvalue weighted by atomic mass is 16.5. The number of benzene rings is 2. The summed E-state index contributed by atoms with van der Waals surface area (Å²) in [4.78, 5) is 26.5. The Morgan fingerprint density at radius 2 is 2.00 bits per heavy atom. The summed E-state index contributed by atoms with van der Waals surface area (Å²) in [5, 5.41) is 12.5. The molecule has 1 amide bonds. The Morgan fingerprint density at radius 1 is 1.24 bits per heavy atom. The zero-order valence-corrected chi connectivity index (χ0v) is 16.9. The number of rotatable bonds is 7.